The average Bonchev–Trinajstić information content (AvgIpc) is 2.84. The lowest BCUT2D eigenvalue weighted by atomic mass is 10.1. The molecule has 0 aromatic heterocycles. The highest BCUT2D eigenvalue weighted by Crippen LogP contribution is 2.38. The van der Waals surface area contributed by atoms with Crippen molar-refractivity contribution in [3.05, 3.63) is 63.0 Å². The normalized spacial score (nSPS) is 16.0. The third kappa shape index (κ3) is 4.03. The quantitative estimate of drug-likeness (QED) is 0.427. The Balaban J connectivity index is 1.89. The Morgan fingerprint density at radius 1 is 1.23 bits per heavy atom. The molecule has 2 aromatic carbocycles. The molecule has 6 heteroatoms. The Morgan fingerprint density at radius 2 is 1.96 bits per heavy atom. The Morgan fingerprint density at radius 3 is 2.62 bits per heavy atom. The predicted molar refractivity (Wildman–Crippen MR) is 117 cm³/mol. The number of rotatable bonds is 4. The maximum absolute atomic E-state index is 12.9. The van der Waals surface area contributed by atoms with E-state index >= 15 is 0 Å². The summed E-state index contributed by atoms with van der Waals surface area (Å²) in [6.45, 7) is 5.94. The van der Waals surface area contributed by atoms with Crippen LogP contribution < -0.4 is 9.64 Å². The summed E-state index contributed by atoms with van der Waals surface area (Å²) in [6, 6.07) is 13.5. The zero-order chi connectivity index (χ0) is 18.8. The number of thiocarbonyl (C=S) groups is 1. The van der Waals surface area contributed by atoms with Gasteiger partial charge in [-0.2, -0.15) is 0 Å². The number of para-hydroxylation sites is 1. The van der Waals surface area contributed by atoms with E-state index < -0.39 is 0 Å². The number of carbonyl (C=O) groups excluding carboxylic acids is 1. The van der Waals surface area contributed by atoms with Gasteiger partial charge in [-0.1, -0.05) is 48.2 Å². The molecule has 3 nitrogen and oxygen atoms in total. The molecule has 134 valence electrons. The van der Waals surface area contributed by atoms with Gasteiger partial charge in [-0.15, -0.1) is 0 Å². The van der Waals surface area contributed by atoms with Gasteiger partial charge in [0.15, 0.2) is 4.32 Å². The Labute approximate surface area is 171 Å². The first-order chi connectivity index (χ1) is 12.4. The van der Waals surface area contributed by atoms with Crippen molar-refractivity contribution in [3.8, 4) is 5.75 Å². The van der Waals surface area contributed by atoms with E-state index in [-0.39, 0.29) is 12.0 Å². The van der Waals surface area contributed by atoms with E-state index in [1.807, 2.05) is 69.3 Å². The van der Waals surface area contributed by atoms with Crippen LogP contribution in [0.15, 0.2) is 51.8 Å². The highest BCUT2D eigenvalue weighted by atomic mass is 79.9. The van der Waals surface area contributed by atoms with E-state index in [1.165, 1.54) is 11.8 Å². The molecule has 0 spiro atoms. The van der Waals surface area contributed by atoms with Gasteiger partial charge < -0.3 is 4.74 Å². The fourth-order valence-corrected chi connectivity index (χ4v) is 4.37. The number of aryl methyl sites for hydroxylation is 1. The number of hydrogen-bond donors (Lipinski definition) is 0. The van der Waals surface area contributed by atoms with E-state index in [1.54, 1.807) is 4.90 Å². The summed E-state index contributed by atoms with van der Waals surface area (Å²) in [5, 5.41) is 0. The van der Waals surface area contributed by atoms with Gasteiger partial charge in [-0.05, 0) is 72.1 Å². The van der Waals surface area contributed by atoms with Crippen LogP contribution in [0.3, 0.4) is 0 Å². The van der Waals surface area contributed by atoms with Crippen LogP contribution in [-0.4, -0.2) is 16.3 Å². The SMILES string of the molecule is Cc1ccccc1N1C(=O)/C(=C/c2ccc(OC(C)C)c(Br)c2)SC1=S. The summed E-state index contributed by atoms with van der Waals surface area (Å²) < 4.78 is 7.13. The van der Waals surface area contributed by atoms with Crippen molar-refractivity contribution in [2.45, 2.75) is 26.9 Å². The molecule has 0 N–H and O–H groups in total. The van der Waals surface area contributed by atoms with E-state index in [9.17, 15) is 4.79 Å². The molecular formula is C20H18BrNO2S2. The van der Waals surface area contributed by atoms with E-state index in [4.69, 9.17) is 17.0 Å². The lowest BCUT2D eigenvalue weighted by Crippen LogP contribution is -2.28. The molecule has 0 aliphatic carbocycles. The molecule has 0 atom stereocenters. The molecule has 1 saturated heterocycles. The summed E-state index contributed by atoms with van der Waals surface area (Å²) in [6.07, 6.45) is 1.96. The summed E-state index contributed by atoms with van der Waals surface area (Å²) >= 11 is 10.3. The van der Waals surface area contributed by atoms with Gasteiger partial charge in [-0.3, -0.25) is 9.69 Å². The molecule has 0 bridgehead atoms. The van der Waals surface area contributed by atoms with Crippen molar-refractivity contribution < 1.29 is 9.53 Å². The number of halogens is 1. The van der Waals surface area contributed by atoms with Crippen LogP contribution in [0.2, 0.25) is 0 Å². The molecule has 26 heavy (non-hydrogen) atoms. The van der Waals surface area contributed by atoms with Crippen molar-refractivity contribution in [2.24, 2.45) is 0 Å². The highest BCUT2D eigenvalue weighted by molar-refractivity contribution is 9.10. The molecule has 1 amide bonds. The van der Waals surface area contributed by atoms with Crippen molar-refractivity contribution in [3.63, 3.8) is 0 Å². The first kappa shape index (κ1) is 19.1. The summed E-state index contributed by atoms with van der Waals surface area (Å²) in [4.78, 5) is 15.1. The number of benzene rings is 2. The molecule has 1 aliphatic rings. The van der Waals surface area contributed by atoms with Crippen LogP contribution in [0.25, 0.3) is 6.08 Å². The van der Waals surface area contributed by atoms with Crippen LogP contribution in [0.4, 0.5) is 5.69 Å². The van der Waals surface area contributed by atoms with Crippen LogP contribution in [0.1, 0.15) is 25.0 Å². The van der Waals surface area contributed by atoms with Crippen LogP contribution >= 0.6 is 39.9 Å². The molecule has 0 unspecified atom stereocenters. The van der Waals surface area contributed by atoms with E-state index in [2.05, 4.69) is 15.9 Å². The van der Waals surface area contributed by atoms with Crippen LogP contribution in [0.5, 0.6) is 5.75 Å². The van der Waals surface area contributed by atoms with Crippen molar-refractivity contribution in [1.82, 2.24) is 0 Å². The fourth-order valence-electron chi connectivity index (χ4n) is 2.60. The van der Waals surface area contributed by atoms with Gasteiger partial charge in [0.05, 0.1) is 21.2 Å². The van der Waals surface area contributed by atoms with Crippen molar-refractivity contribution in [1.29, 1.82) is 0 Å². The topological polar surface area (TPSA) is 29.5 Å². The van der Waals surface area contributed by atoms with Gasteiger partial charge >= 0.3 is 0 Å². The number of carbonyl (C=O) groups is 1. The van der Waals surface area contributed by atoms with Crippen LogP contribution in [0, 0.1) is 6.92 Å². The summed E-state index contributed by atoms with van der Waals surface area (Å²) in [7, 11) is 0. The minimum Gasteiger partial charge on any atom is -0.490 e. The van der Waals surface area contributed by atoms with Gasteiger partial charge in [-0.25, -0.2) is 0 Å². The average molecular weight is 448 g/mol. The third-order valence-electron chi connectivity index (χ3n) is 3.77. The molecule has 1 heterocycles. The first-order valence-electron chi connectivity index (χ1n) is 8.16. The smallest absolute Gasteiger partial charge is 0.270 e. The number of amides is 1. The zero-order valence-electron chi connectivity index (χ0n) is 14.7. The minimum atomic E-state index is -0.0899. The maximum Gasteiger partial charge on any atom is 0.270 e. The van der Waals surface area contributed by atoms with Gasteiger partial charge in [0.25, 0.3) is 5.91 Å². The number of hydrogen-bond acceptors (Lipinski definition) is 4. The Bertz CT molecular complexity index is 908. The van der Waals surface area contributed by atoms with Gasteiger partial charge in [0.1, 0.15) is 5.75 Å². The van der Waals surface area contributed by atoms with Gasteiger partial charge in [0.2, 0.25) is 0 Å². The summed E-state index contributed by atoms with van der Waals surface area (Å²) in [5.74, 6) is 0.692. The third-order valence-corrected chi connectivity index (χ3v) is 5.69. The zero-order valence-corrected chi connectivity index (χ0v) is 17.9. The van der Waals surface area contributed by atoms with Crippen molar-refractivity contribution in [2.75, 3.05) is 4.90 Å². The molecule has 0 radical (unpaired) electrons. The fraction of sp³-hybridized carbons (Fsp3) is 0.200. The minimum absolute atomic E-state index is 0.0899. The molecule has 2 aromatic rings. The standard InChI is InChI=1S/C20H18BrNO2S2/c1-12(2)24-17-9-8-14(10-15(17)21)11-18-19(23)22(20(25)26-18)16-7-5-4-6-13(16)3/h4-12H,1-3H3/b18-11-. The Hall–Kier alpha value is -1.63. The monoisotopic (exact) mass is 447 g/mol. The second-order valence-electron chi connectivity index (χ2n) is 6.16. The highest BCUT2D eigenvalue weighted by Gasteiger charge is 2.33. The molecule has 1 fully saturated rings. The number of thioether (sulfide) groups is 1. The number of ether oxygens (including phenoxy) is 1. The van der Waals surface area contributed by atoms with Crippen molar-refractivity contribution >= 4 is 61.9 Å². The first-order valence-corrected chi connectivity index (χ1v) is 10.2. The molecule has 0 saturated carbocycles. The molecule has 3 rings (SSSR count). The van der Waals surface area contributed by atoms with E-state index in [0.29, 0.717) is 9.23 Å². The maximum atomic E-state index is 12.9. The number of anilines is 1. The number of nitrogens with zero attached hydrogens (tertiary/aromatic N) is 1. The predicted octanol–water partition coefficient (Wildman–Crippen LogP) is 5.95. The lowest BCUT2D eigenvalue weighted by molar-refractivity contribution is -0.113. The second kappa shape index (κ2) is 7.94. The molecular weight excluding hydrogens is 430 g/mol. The van der Waals surface area contributed by atoms with Gasteiger partial charge in [0, 0.05) is 0 Å². The summed E-state index contributed by atoms with van der Waals surface area (Å²) in [5.41, 5.74) is 2.77. The van der Waals surface area contributed by atoms with E-state index in [0.717, 1.165) is 27.0 Å². The molecule has 1 aliphatic heterocycles. The lowest BCUT2D eigenvalue weighted by Gasteiger charge is -2.16. The van der Waals surface area contributed by atoms with Crippen LogP contribution in [-0.2, 0) is 4.79 Å². The second-order valence-corrected chi connectivity index (χ2v) is 8.69. The Kier molecular flexibility index (Phi) is 5.85. The largest absolute Gasteiger partial charge is 0.490 e.